The predicted molar refractivity (Wildman–Crippen MR) is 78.7 cm³/mol. The number of methoxy groups -OCH3 is 1. The predicted octanol–water partition coefficient (Wildman–Crippen LogP) is 2.84. The van der Waals surface area contributed by atoms with Crippen LogP contribution in [0.1, 0.15) is 29.5 Å². The van der Waals surface area contributed by atoms with Gasteiger partial charge in [0, 0.05) is 12.1 Å². The zero-order valence-corrected chi connectivity index (χ0v) is 12.2. The summed E-state index contributed by atoms with van der Waals surface area (Å²) in [5.74, 6) is 0.992. The Balaban J connectivity index is 2.14. The van der Waals surface area contributed by atoms with Crippen LogP contribution in [0.4, 0.5) is 0 Å². The van der Waals surface area contributed by atoms with E-state index in [9.17, 15) is 9.90 Å². The molecule has 0 saturated carbocycles. The van der Waals surface area contributed by atoms with Gasteiger partial charge in [0.15, 0.2) is 5.69 Å². The third-order valence-electron chi connectivity index (χ3n) is 3.99. The summed E-state index contributed by atoms with van der Waals surface area (Å²) in [4.78, 5) is 15.8. The van der Waals surface area contributed by atoms with Crippen molar-refractivity contribution < 1.29 is 14.6 Å². The third kappa shape index (κ3) is 2.39. The number of carboxylic acids is 1. The molecule has 1 unspecified atom stereocenters. The number of carboxylic acid groups (broad SMARTS) is 1. The maximum absolute atomic E-state index is 11.4. The number of carbonyl (C=O) groups is 1. The van der Waals surface area contributed by atoms with Gasteiger partial charge in [0.1, 0.15) is 11.6 Å². The topological polar surface area (TPSA) is 64.3 Å². The van der Waals surface area contributed by atoms with Gasteiger partial charge >= 0.3 is 5.97 Å². The lowest BCUT2D eigenvalue weighted by Crippen LogP contribution is -2.19. The smallest absolute Gasteiger partial charge is 0.356 e. The Morgan fingerprint density at radius 2 is 2.29 bits per heavy atom. The van der Waals surface area contributed by atoms with Gasteiger partial charge in [-0.25, -0.2) is 9.78 Å². The van der Waals surface area contributed by atoms with Gasteiger partial charge in [0.05, 0.1) is 12.8 Å². The van der Waals surface area contributed by atoms with Crippen molar-refractivity contribution in [2.75, 3.05) is 7.11 Å². The summed E-state index contributed by atoms with van der Waals surface area (Å²) in [6, 6.07) is 7.58. The lowest BCUT2D eigenvalue weighted by Gasteiger charge is -2.22. The highest BCUT2D eigenvalue weighted by Gasteiger charge is 2.27. The molecule has 0 saturated heterocycles. The van der Waals surface area contributed by atoms with E-state index in [1.54, 1.807) is 7.11 Å². The molecule has 5 nitrogen and oxygen atoms in total. The Morgan fingerprint density at radius 3 is 3.00 bits per heavy atom. The van der Waals surface area contributed by atoms with Crippen LogP contribution in [0.5, 0.6) is 5.75 Å². The maximum atomic E-state index is 11.4. The minimum Gasteiger partial charge on any atom is -0.497 e. The molecule has 1 N–H and O–H groups in total. The summed E-state index contributed by atoms with van der Waals surface area (Å²) in [6.07, 6.45) is 1.80. The van der Waals surface area contributed by atoms with E-state index in [4.69, 9.17) is 4.74 Å². The molecule has 0 spiro atoms. The number of hydrogen-bond acceptors (Lipinski definition) is 3. The summed E-state index contributed by atoms with van der Waals surface area (Å²) in [7, 11) is 1.62. The third-order valence-corrected chi connectivity index (χ3v) is 3.99. The van der Waals surface area contributed by atoms with Gasteiger partial charge in [-0.2, -0.15) is 0 Å². The average molecular weight is 286 g/mol. The first-order chi connectivity index (χ1) is 10.1. The zero-order valence-electron chi connectivity index (χ0n) is 12.2. The normalized spacial score (nSPS) is 17.3. The molecule has 1 aromatic carbocycles. The van der Waals surface area contributed by atoms with Crippen LogP contribution in [0, 0.1) is 5.92 Å². The highest BCUT2D eigenvalue weighted by atomic mass is 16.5. The van der Waals surface area contributed by atoms with E-state index < -0.39 is 5.97 Å². The molecular formula is C16H18N2O3. The van der Waals surface area contributed by atoms with E-state index in [0.717, 1.165) is 36.4 Å². The molecule has 110 valence electrons. The summed E-state index contributed by atoms with van der Waals surface area (Å²) in [6.45, 7) is 2.96. The molecule has 0 bridgehead atoms. The minimum atomic E-state index is -0.956. The fraction of sp³-hybridized carbons (Fsp3) is 0.375. The van der Waals surface area contributed by atoms with E-state index >= 15 is 0 Å². The standard InChI is InChI=1S/C16H18N2O3/c1-10-6-7-18-13(8-10)14(16(19)20)17-15(18)11-4-3-5-12(9-11)21-2/h3-5,9-10H,6-8H2,1-2H3,(H,19,20). The highest BCUT2D eigenvalue weighted by Crippen LogP contribution is 2.31. The van der Waals surface area contributed by atoms with E-state index in [1.807, 2.05) is 28.8 Å². The van der Waals surface area contributed by atoms with Crippen LogP contribution in [0.2, 0.25) is 0 Å². The van der Waals surface area contributed by atoms with Crippen LogP contribution in [0.25, 0.3) is 11.4 Å². The molecule has 3 rings (SSSR count). The Morgan fingerprint density at radius 1 is 1.48 bits per heavy atom. The lowest BCUT2D eigenvalue weighted by atomic mass is 9.97. The quantitative estimate of drug-likeness (QED) is 0.942. The van der Waals surface area contributed by atoms with Gasteiger partial charge < -0.3 is 14.4 Å². The van der Waals surface area contributed by atoms with Gasteiger partial charge in [0.2, 0.25) is 0 Å². The molecule has 1 aromatic heterocycles. The Labute approximate surface area is 123 Å². The summed E-state index contributed by atoms with van der Waals surface area (Å²) in [5, 5.41) is 9.39. The number of nitrogens with zero attached hydrogens (tertiary/aromatic N) is 2. The molecule has 0 fully saturated rings. The number of rotatable bonds is 3. The second-order valence-corrected chi connectivity index (χ2v) is 5.52. The number of fused-ring (bicyclic) bond motifs is 1. The summed E-state index contributed by atoms with van der Waals surface area (Å²) < 4.78 is 7.28. The van der Waals surface area contributed by atoms with Gasteiger partial charge in [-0.3, -0.25) is 0 Å². The number of aromatic carboxylic acids is 1. The molecule has 21 heavy (non-hydrogen) atoms. The fourth-order valence-electron chi connectivity index (χ4n) is 2.87. The van der Waals surface area contributed by atoms with Crippen LogP contribution >= 0.6 is 0 Å². The molecule has 1 atom stereocenters. The van der Waals surface area contributed by atoms with Gasteiger partial charge in [-0.1, -0.05) is 19.1 Å². The number of ether oxygens (including phenoxy) is 1. The number of aromatic nitrogens is 2. The number of imidazole rings is 1. The van der Waals surface area contributed by atoms with Crippen LogP contribution in [-0.2, 0) is 13.0 Å². The van der Waals surface area contributed by atoms with Gasteiger partial charge in [0.25, 0.3) is 0 Å². The molecule has 2 aromatic rings. The molecule has 2 heterocycles. The Hall–Kier alpha value is -2.30. The molecule has 1 aliphatic rings. The van der Waals surface area contributed by atoms with Crippen molar-refractivity contribution in [3.8, 4) is 17.1 Å². The minimum absolute atomic E-state index is 0.180. The van der Waals surface area contributed by atoms with E-state index in [-0.39, 0.29) is 5.69 Å². The average Bonchev–Trinajstić information content (AvgIpc) is 2.86. The van der Waals surface area contributed by atoms with E-state index in [2.05, 4.69) is 11.9 Å². The number of hydrogen-bond donors (Lipinski definition) is 1. The van der Waals surface area contributed by atoms with Crippen molar-refractivity contribution in [3.05, 3.63) is 35.7 Å². The van der Waals surface area contributed by atoms with Gasteiger partial charge in [-0.05, 0) is 30.9 Å². The molecule has 0 aliphatic carbocycles. The summed E-state index contributed by atoms with van der Waals surface area (Å²) >= 11 is 0. The SMILES string of the molecule is COc1cccc(-c2nc(C(=O)O)c3n2CCC(C)C3)c1. The van der Waals surface area contributed by atoms with Crippen molar-refractivity contribution in [1.82, 2.24) is 9.55 Å². The van der Waals surface area contributed by atoms with Crippen LogP contribution in [0.3, 0.4) is 0 Å². The maximum Gasteiger partial charge on any atom is 0.356 e. The first kappa shape index (κ1) is 13.7. The largest absolute Gasteiger partial charge is 0.497 e. The van der Waals surface area contributed by atoms with Crippen LogP contribution in [0.15, 0.2) is 24.3 Å². The van der Waals surface area contributed by atoms with Crippen molar-refractivity contribution in [3.63, 3.8) is 0 Å². The molecule has 0 amide bonds. The first-order valence-corrected chi connectivity index (χ1v) is 7.07. The second kappa shape index (κ2) is 5.24. The Bertz CT molecular complexity index is 691. The van der Waals surface area contributed by atoms with E-state index in [1.165, 1.54) is 0 Å². The summed E-state index contributed by atoms with van der Waals surface area (Å²) in [5.41, 5.74) is 1.90. The monoisotopic (exact) mass is 286 g/mol. The van der Waals surface area contributed by atoms with Crippen molar-refractivity contribution in [1.29, 1.82) is 0 Å². The second-order valence-electron chi connectivity index (χ2n) is 5.52. The van der Waals surface area contributed by atoms with Crippen LogP contribution < -0.4 is 4.74 Å². The number of benzene rings is 1. The highest BCUT2D eigenvalue weighted by molar-refractivity contribution is 5.88. The van der Waals surface area contributed by atoms with Gasteiger partial charge in [-0.15, -0.1) is 0 Å². The first-order valence-electron chi connectivity index (χ1n) is 7.07. The molecule has 0 radical (unpaired) electrons. The fourth-order valence-corrected chi connectivity index (χ4v) is 2.87. The molecule has 5 heteroatoms. The van der Waals surface area contributed by atoms with Crippen LogP contribution in [-0.4, -0.2) is 27.7 Å². The molecule has 1 aliphatic heterocycles. The molecular weight excluding hydrogens is 268 g/mol. The van der Waals surface area contributed by atoms with Crippen molar-refractivity contribution >= 4 is 5.97 Å². The van der Waals surface area contributed by atoms with Crippen molar-refractivity contribution in [2.45, 2.75) is 26.3 Å². The lowest BCUT2D eigenvalue weighted by molar-refractivity contribution is 0.0689. The van der Waals surface area contributed by atoms with Crippen molar-refractivity contribution in [2.24, 2.45) is 5.92 Å². The Kier molecular flexibility index (Phi) is 3.41. The van der Waals surface area contributed by atoms with E-state index in [0.29, 0.717) is 11.7 Å². The zero-order chi connectivity index (χ0) is 15.0.